The van der Waals surface area contributed by atoms with E-state index in [-0.39, 0.29) is 16.9 Å². The van der Waals surface area contributed by atoms with Gasteiger partial charge in [0.05, 0.1) is 11.4 Å². The number of rotatable bonds is 5. The molecule has 102 valence electrons. The van der Waals surface area contributed by atoms with Crippen LogP contribution in [0.4, 0.5) is 0 Å². The maximum atomic E-state index is 12.3. The molecule has 1 heterocycles. The molecule has 1 saturated carbocycles. The van der Waals surface area contributed by atoms with Crippen molar-refractivity contribution in [2.45, 2.75) is 44.6 Å². The highest BCUT2D eigenvalue weighted by Crippen LogP contribution is 2.39. The molecule has 0 atom stereocenters. The molecule has 6 nitrogen and oxygen atoms in total. The smallest absolute Gasteiger partial charge is 0.244 e. The second-order valence-electron chi connectivity index (χ2n) is 5.32. The van der Waals surface area contributed by atoms with Gasteiger partial charge in [-0.2, -0.15) is 5.10 Å². The molecule has 1 aliphatic carbocycles. The highest BCUT2D eigenvalue weighted by Gasteiger charge is 2.34. The van der Waals surface area contributed by atoms with E-state index >= 15 is 0 Å². The van der Waals surface area contributed by atoms with Crippen molar-refractivity contribution in [3.05, 3.63) is 11.4 Å². The Hall–Kier alpha value is -0.920. The molecule has 7 heteroatoms. The fraction of sp³-hybridized carbons (Fsp3) is 0.727. The molecule has 0 amide bonds. The lowest BCUT2D eigenvalue weighted by Crippen LogP contribution is -2.40. The third kappa shape index (κ3) is 2.43. The predicted molar refractivity (Wildman–Crippen MR) is 68.4 cm³/mol. The van der Waals surface area contributed by atoms with Crippen LogP contribution in [0.25, 0.3) is 0 Å². The zero-order valence-electron chi connectivity index (χ0n) is 10.8. The minimum absolute atomic E-state index is 0.105. The third-order valence-electron chi connectivity index (χ3n) is 3.67. The van der Waals surface area contributed by atoms with E-state index in [1.54, 1.807) is 6.92 Å². The summed E-state index contributed by atoms with van der Waals surface area (Å²) in [5.41, 5.74) is 6.53. The fourth-order valence-corrected chi connectivity index (χ4v) is 3.83. The van der Waals surface area contributed by atoms with Crippen LogP contribution in [-0.2, 0) is 16.6 Å². The van der Waals surface area contributed by atoms with Crippen LogP contribution in [0.2, 0.25) is 0 Å². The van der Waals surface area contributed by atoms with Crippen molar-refractivity contribution in [1.29, 1.82) is 0 Å². The first-order valence-electron chi connectivity index (χ1n) is 6.11. The van der Waals surface area contributed by atoms with Crippen molar-refractivity contribution < 1.29 is 8.42 Å². The number of sulfonamides is 1. The van der Waals surface area contributed by atoms with Gasteiger partial charge in [-0.1, -0.05) is 13.3 Å². The molecule has 1 fully saturated rings. The molecule has 1 aromatic heterocycles. The van der Waals surface area contributed by atoms with E-state index in [1.165, 1.54) is 6.42 Å². The summed E-state index contributed by atoms with van der Waals surface area (Å²) in [6, 6.07) is 0. The summed E-state index contributed by atoms with van der Waals surface area (Å²) in [5, 5.41) is 6.58. The van der Waals surface area contributed by atoms with Gasteiger partial charge in [0.25, 0.3) is 0 Å². The van der Waals surface area contributed by atoms with Gasteiger partial charge in [0.15, 0.2) is 0 Å². The quantitative estimate of drug-likeness (QED) is 0.732. The summed E-state index contributed by atoms with van der Waals surface area (Å²) < 4.78 is 27.2. The molecule has 0 aliphatic heterocycles. The van der Waals surface area contributed by atoms with Crippen molar-refractivity contribution in [2.24, 2.45) is 11.1 Å². The molecule has 0 saturated heterocycles. The van der Waals surface area contributed by atoms with Crippen LogP contribution in [0.5, 0.6) is 0 Å². The Balaban J connectivity index is 2.17. The third-order valence-corrected chi connectivity index (χ3v) is 5.28. The average molecular weight is 272 g/mol. The SMILES string of the molecule is Cc1[nH]nc(CN)c1S(=O)(=O)NCC1(C)CCC1. The first kappa shape index (κ1) is 13.5. The molecular formula is C11H20N4O2S. The van der Waals surface area contributed by atoms with E-state index in [9.17, 15) is 8.42 Å². The highest BCUT2D eigenvalue weighted by atomic mass is 32.2. The summed E-state index contributed by atoms with van der Waals surface area (Å²) in [7, 11) is -3.52. The first-order valence-corrected chi connectivity index (χ1v) is 7.60. The Bertz CT molecular complexity index is 531. The maximum absolute atomic E-state index is 12.3. The summed E-state index contributed by atoms with van der Waals surface area (Å²) in [4.78, 5) is 0.202. The molecule has 0 spiro atoms. The van der Waals surface area contributed by atoms with Crippen LogP contribution in [0.1, 0.15) is 37.6 Å². The number of H-pyrrole nitrogens is 1. The number of nitrogens with one attached hydrogen (secondary N) is 2. The molecule has 0 radical (unpaired) electrons. The molecule has 18 heavy (non-hydrogen) atoms. The number of nitrogens with two attached hydrogens (primary N) is 1. The topological polar surface area (TPSA) is 101 Å². The van der Waals surface area contributed by atoms with Gasteiger partial charge in [-0.3, -0.25) is 5.10 Å². The number of nitrogens with zero attached hydrogens (tertiary/aromatic N) is 1. The summed E-state index contributed by atoms with van der Waals surface area (Å²) >= 11 is 0. The van der Waals surface area contributed by atoms with Gasteiger partial charge in [0.2, 0.25) is 10.0 Å². The Morgan fingerprint density at radius 1 is 1.50 bits per heavy atom. The minimum atomic E-state index is -3.52. The van der Waals surface area contributed by atoms with Crippen LogP contribution in [-0.4, -0.2) is 25.2 Å². The van der Waals surface area contributed by atoms with Crippen LogP contribution in [0, 0.1) is 12.3 Å². The van der Waals surface area contributed by atoms with Crippen molar-refractivity contribution in [3.63, 3.8) is 0 Å². The molecule has 0 unspecified atom stereocenters. The van der Waals surface area contributed by atoms with Crippen molar-refractivity contribution in [2.75, 3.05) is 6.54 Å². The normalized spacial score (nSPS) is 18.6. The van der Waals surface area contributed by atoms with E-state index in [4.69, 9.17) is 5.73 Å². The summed E-state index contributed by atoms with van der Waals surface area (Å²) in [6.07, 6.45) is 3.32. The second-order valence-corrected chi connectivity index (χ2v) is 7.02. The Labute approximate surface area is 107 Å². The lowest BCUT2D eigenvalue weighted by atomic mass is 9.71. The first-order chi connectivity index (χ1) is 8.38. The van der Waals surface area contributed by atoms with E-state index in [1.807, 2.05) is 0 Å². The zero-order chi connectivity index (χ0) is 13.4. The number of aromatic amines is 1. The van der Waals surface area contributed by atoms with Crippen LogP contribution >= 0.6 is 0 Å². The standard InChI is InChI=1S/C11H20N4O2S/c1-8-10(9(6-12)15-14-8)18(16,17)13-7-11(2)4-3-5-11/h13H,3-7,12H2,1-2H3,(H,14,15). The molecule has 0 aromatic carbocycles. The van der Waals surface area contributed by atoms with Gasteiger partial charge in [-0.25, -0.2) is 13.1 Å². The average Bonchev–Trinajstić information content (AvgIpc) is 2.66. The lowest BCUT2D eigenvalue weighted by Gasteiger charge is -2.38. The van der Waals surface area contributed by atoms with Gasteiger partial charge < -0.3 is 5.73 Å². The second kappa shape index (κ2) is 4.64. The highest BCUT2D eigenvalue weighted by molar-refractivity contribution is 7.89. The number of aryl methyl sites for hydroxylation is 1. The molecule has 1 aromatic rings. The molecule has 4 N–H and O–H groups in total. The maximum Gasteiger partial charge on any atom is 0.244 e. The largest absolute Gasteiger partial charge is 0.325 e. The molecule has 2 rings (SSSR count). The zero-order valence-corrected chi connectivity index (χ0v) is 11.6. The van der Waals surface area contributed by atoms with E-state index in [0.717, 1.165) is 12.8 Å². The fourth-order valence-electron chi connectivity index (χ4n) is 2.26. The predicted octanol–water partition coefficient (Wildman–Crippen LogP) is 0.645. The van der Waals surface area contributed by atoms with Gasteiger partial charge in [0.1, 0.15) is 4.90 Å². The van der Waals surface area contributed by atoms with Crippen molar-refractivity contribution in [1.82, 2.24) is 14.9 Å². The van der Waals surface area contributed by atoms with Crippen molar-refractivity contribution >= 4 is 10.0 Å². The van der Waals surface area contributed by atoms with Gasteiger partial charge in [0, 0.05) is 13.1 Å². The Kier molecular flexibility index (Phi) is 3.48. The number of hydrogen-bond acceptors (Lipinski definition) is 4. The van der Waals surface area contributed by atoms with Crippen LogP contribution in [0.3, 0.4) is 0 Å². The van der Waals surface area contributed by atoms with Gasteiger partial charge >= 0.3 is 0 Å². The Morgan fingerprint density at radius 2 is 2.17 bits per heavy atom. The molecule has 0 bridgehead atoms. The van der Waals surface area contributed by atoms with E-state index < -0.39 is 10.0 Å². The minimum Gasteiger partial charge on any atom is -0.325 e. The van der Waals surface area contributed by atoms with Gasteiger partial charge in [-0.15, -0.1) is 0 Å². The van der Waals surface area contributed by atoms with Crippen molar-refractivity contribution in [3.8, 4) is 0 Å². The van der Waals surface area contributed by atoms with Crippen LogP contribution in [0.15, 0.2) is 4.90 Å². The number of aromatic nitrogens is 2. The number of hydrogen-bond donors (Lipinski definition) is 3. The summed E-state index contributed by atoms with van der Waals surface area (Å²) in [6.45, 7) is 4.37. The molecule has 1 aliphatic rings. The Morgan fingerprint density at radius 3 is 2.67 bits per heavy atom. The summed E-state index contributed by atoms with van der Waals surface area (Å²) in [5.74, 6) is 0. The van der Waals surface area contributed by atoms with E-state index in [2.05, 4.69) is 21.8 Å². The van der Waals surface area contributed by atoms with Gasteiger partial charge in [-0.05, 0) is 25.2 Å². The van der Waals surface area contributed by atoms with E-state index in [0.29, 0.717) is 17.9 Å². The lowest BCUT2D eigenvalue weighted by molar-refractivity contribution is 0.166. The monoisotopic (exact) mass is 272 g/mol. The molecular weight excluding hydrogens is 252 g/mol. The van der Waals surface area contributed by atoms with Crippen LogP contribution < -0.4 is 10.5 Å².